The third-order valence-corrected chi connectivity index (χ3v) is 5.66. The molecule has 0 bridgehead atoms. The molecule has 0 aliphatic carbocycles. The molecule has 0 saturated carbocycles. The van der Waals surface area contributed by atoms with Gasteiger partial charge in [0.15, 0.2) is 11.3 Å². The maximum Gasteiger partial charge on any atom is 0.221 e. The summed E-state index contributed by atoms with van der Waals surface area (Å²) in [5, 5.41) is 3.76. The number of fused-ring (bicyclic) bond motifs is 2. The minimum atomic E-state index is -0.183. The summed E-state index contributed by atoms with van der Waals surface area (Å²) in [4.78, 5) is 28.5. The fourth-order valence-electron chi connectivity index (χ4n) is 3.72. The number of methoxy groups -OCH3 is 1. The second-order valence-electron chi connectivity index (χ2n) is 7.45. The normalized spacial score (nSPS) is 11.3. The molecule has 0 atom stereocenters. The number of amides is 1. The minimum Gasteiger partial charge on any atom is -0.497 e. The smallest absolute Gasteiger partial charge is 0.221 e. The molecule has 0 aliphatic rings. The first-order valence-corrected chi connectivity index (χ1v) is 10.8. The number of ether oxygens (including phenoxy) is 1. The summed E-state index contributed by atoms with van der Waals surface area (Å²) in [6.45, 7) is 1.46. The Balaban J connectivity index is 1.61. The van der Waals surface area contributed by atoms with Crippen LogP contribution >= 0.6 is 23.2 Å². The molecule has 166 valence electrons. The molecule has 5 rings (SSSR count). The van der Waals surface area contributed by atoms with Crippen molar-refractivity contribution in [3.63, 3.8) is 0 Å². The van der Waals surface area contributed by atoms with Gasteiger partial charge in [0, 0.05) is 25.1 Å². The number of halogens is 2. The molecule has 0 unspecified atom stereocenters. The zero-order valence-corrected chi connectivity index (χ0v) is 19.2. The summed E-state index contributed by atoms with van der Waals surface area (Å²) in [6, 6.07) is 12.8. The summed E-state index contributed by atoms with van der Waals surface area (Å²) in [7, 11) is 1.59. The molecule has 0 saturated heterocycles. The number of aromatic amines is 1. The zero-order valence-electron chi connectivity index (χ0n) is 17.7. The van der Waals surface area contributed by atoms with Crippen molar-refractivity contribution >= 4 is 51.6 Å². The summed E-state index contributed by atoms with van der Waals surface area (Å²) < 4.78 is 7.17. The molecule has 8 nitrogen and oxygen atoms in total. The summed E-state index contributed by atoms with van der Waals surface area (Å²) in [6.07, 6.45) is 2.34. The maximum absolute atomic E-state index is 11.7. The van der Waals surface area contributed by atoms with E-state index in [1.807, 2.05) is 40.9 Å². The van der Waals surface area contributed by atoms with Crippen molar-refractivity contribution in [3.05, 3.63) is 70.4 Å². The average Bonchev–Trinajstić information content (AvgIpc) is 3.37. The van der Waals surface area contributed by atoms with E-state index in [4.69, 9.17) is 32.9 Å². The molecule has 1 amide bonds. The number of pyridine rings is 2. The van der Waals surface area contributed by atoms with Gasteiger partial charge in [-0.2, -0.15) is 0 Å². The van der Waals surface area contributed by atoms with Crippen LogP contribution < -0.4 is 10.1 Å². The predicted molar refractivity (Wildman–Crippen MR) is 128 cm³/mol. The fraction of sp³-hybridized carbons (Fsp3) is 0.130. The number of anilines is 1. The van der Waals surface area contributed by atoms with Crippen molar-refractivity contribution in [1.82, 2.24) is 24.3 Å². The number of nitrogens with one attached hydrogen (secondary N) is 2. The molecular weight excluding hydrogens is 463 g/mol. The molecule has 0 spiro atoms. The fourth-order valence-corrected chi connectivity index (χ4v) is 4.13. The lowest BCUT2D eigenvalue weighted by Crippen LogP contribution is -2.07. The van der Waals surface area contributed by atoms with Crippen molar-refractivity contribution in [2.45, 2.75) is 13.3 Å². The number of nitrogens with zero attached hydrogens (tertiary/aromatic N) is 4. The highest BCUT2D eigenvalue weighted by Gasteiger charge is 2.16. The van der Waals surface area contributed by atoms with E-state index in [9.17, 15) is 4.79 Å². The molecule has 2 N–H and O–H groups in total. The first kappa shape index (κ1) is 21.2. The van der Waals surface area contributed by atoms with Gasteiger partial charge >= 0.3 is 0 Å². The third kappa shape index (κ3) is 4.10. The highest BCUT2D eigenvalue weighted by Crippen LogP contribution is 2.33. The van der Waals surface area contributed by atoms with E-state index in [-0.39, 0.29) is 5.91 Å². The van der Waals surface area contributed by atoms with Crippen LogP contribution in [0.5, 0.6) is 5.75 Å². The Morgan fingerprint density at radius 2 is 1.97 bits per heavy atom. The number of hydrogen-bond acceptors (Lipinski definition) is 5. The molecule has 10 heteroatoms. The van der Waals surface area contributed by atoms with E-state index in [0.717, 1.165) is 22.5 Å². The molecule has 1 aromatic carbocycles. The van der Waals surface area contributed by atoms with Gasteiger partial charge in [0.25, 0.3) is 0 Å². The van der Waals surface area contributed by atoms with Gasteiger partial charge in [0.2, 0.25) is 5.91 Å². The highest BCUT2D eigenvalue weighted by molar-refractivity contribution is 6.33. The lowest BCUT2D eigenvalue weighted by Gasteiger charge is -2.12. The second kappa shape index (κ2) is 8.38. The van der Waals surface area contributed by atoms with Gasteiger partial charge in [-0.25, -0.2) is 15.0 Å². The van der Waals surface area contributed by atoms with Gasteiger partial charge < -0.3 is 15.0 Å². The van der Waals surface area contributed by atoms with Crippen LogP contribution in [0.2, 0.25) is 10.2 Å². The van der Waals surface area contributed by atoms with Crippen molar-refractivity contribution in [2.24, 2.45) is 0 Å². The molecule has 5 aromatic rings. The molecular formula is C23H18Cl2N6O2. The Hall–Kier alpha value is -3.62. The first-order chi connectivity index (χ1) is 15.9. The van der Waals surface area contributed by atoms with Crippen LogP contribution in [0.1, 0.15) is 18.4 Å². The second-order valence-corrected chi connectivity index (χ2v) is 8.24. The van der Waals surface area contributed by atoms with Crippen molar-refractivity contribution in [2.75, 3.05) is 12.4 Å². The maximum atomic E-state index is 11.7. The topological polar surface area (TPSA) is 97.2 Å². The van der Waals surface area contributed by atoms with E-state index in [2.05, 4.69) is 20.3 Å². The number of H-pyrrole nitrogens is 1. The number of hydrogen-bond donors (Lipinski definition) is 2. The Morgan fingerprint density at radius 1 is 1.12 bits per heavy atom. The SMILES string of the molecule is COc1ccc(-c2ccc(NC(C)=O)c3nc(Cc4nc5nc(Cl)ccc5[nH]4)cn23)c(Cl)c1. The summed E-state index contributed by atoms with van der Waals surface area (Å²) in [5.41, 5.74) is 4.92. The van der Waals surface area contributed by atoms with Crippen LogP contribution in [0.3, 0.4) is 0 Å². The largest absolute Gasteiger partial charge is 0.497 e. The molecule has 0 aliphatic heterocycles. The zero-order chi connectivity index (χ0) is 23.1. The van der Waals surface area contributed by atoms with E-state index in [0.29, 0.717) is 45.2 Å². The van der Waals surface area contributed by atoms with Gasteiger partial charge in [-0.3, -0.25) is 9.20 Å². The van der Waals surface area contributed by atoms with E-state index in [1.54, 1.807) is 19.2 Å². The predicted octanol–water partition coefficient (Wildman–Crippen LogP) is 5.14. The summed E-state index contributed by atoms with van der Waals surface area (Å²) >= 11 is 12.5. The van der Waals surface area contributed by atoms with E-state index < -0.39 is 0 Å². The summed E-state index contributed by atoms with van der Waals surface area (Å²) in [5.74, 6) is 1.19. The van der Waals surface area contributed by atoms with Crippen LogP contribution in [-0.2, 0) is 11.2 Å². The highest BCUT2D eigenvalue weighted by atomic mass is 35.5. The minimum absolute atomic E-state index is 0.183. The number of rotatable bonds is 5. The van der Waals surface area contributed by atoms with Crippen LogP contribution in [0.15, 0.2) is 48.7 Å². The van der Waals surface area contributed by atoms with Crippen LogP contribution in [0, 0.1) is 0 Å². The Labute approximate surface area is 198 Å². The Morgan fingerprint density at radius 3 is 2.73 bits per heavy atom. The van der Waals surface area contributed by atoms with Crippen molar-refractivity contribution in [3.8, 4) is 17.0 Å². The quantitative estimate of drug-likeness (QED) is 0.339. The molecule has 33 heavy (non-hydrogen) atoms. The molecule has 4 aromatic heterocycles. The monoisotopic (exact) mass is 480 g/mol. The molecule has 0 fully saturated rings. The van der Waals surface area contributed by atoms with E-state index >= 15 is 0 Å². The lowest BCUT2D eigenvalue weighted by atomic mass is 10.1. The molecule has 0 radical (unpaired) electrons. The number of carbonyl (C=O) groups is 1. The van der Waals surface area contributed by atoms with Gasteiger partial charge in [0.1, 0.15) is 16.7 Å². The lowest BCUT2D eigenvalue weighted by molar-refractivity contribution is -0.114. The molecule has 4 heterocycles. The Kier molecular flexibility index (Phi) is 5.39. The Bertz CT molecular complexity index is 1520. The van der Waals surface area contributed by atoms with Crippen LogP contribution in [0.25, 0.3) is 28.1 Å². The third-order valence-electron chi connectivity index (χ3n) is 5.14. The van der Waals surface area contributed by atoms with Gasteiger partial charge in [-0.15, -0.1) is 0 Å². The standard InChI is InChI=1S/C23H18Cl2N6O2/c1-12(32)26-18-5-7-19(15-4-3-14(33-2)10-16(15)24)31-11-13(27-23(18)31)9-21-28-17-6-8-20(25)29-22(17)30-21/h3-8,10-11H,9H2,1-2H3,(H,26,32)(H,28,29,30). The number of benzene rings is 1. The van der Waals surface area contributed by atoms with Crippen molar-refractivity contribution in [1.29, 1.82) is 0 Å². The van der Waals surface area contributed by atoms with Gasteiger partial charge in [0.05, 0.1) is 34.7 Å². The number of aromatic nitrogens is 5. The number of carbonyl (C=O) groups excluding carboxylic acids is 1. The van der Waals surface area contributed by atoms with Crippen LogP contribution in [0.4, 0.5) is 5.69 Å². The van der Waals surface area contributed by atoms with Crippen molar-refractivity contribution < 1.29 is 9.53 Å². The van der Waals surface area contributed by atoms with Crippen LogP contribution in [-0.4, -0.2) is 37.4 Å². The number of imidazole rings is 2. The van der Waals surface area contributed by atoms with E-state index in [1.165, 1.54) is 6.92 Å². The average molecular weight is 481 g/mol. The first-order valence-electron chi connectivity index (χ1n) is 10.0. The van der Waals surface area contributed by atoms with Gasteiger partial charge in [-0.05, 0) is 42.5 Å². The van der Waals surface area contributed by atoms with Gasteiger partial charge in [-0.1, -0.05) is 23.2 Å².